The van der Waals surface area contributed by atoms with E-state index in [1.807, 2.05) is 37.3 Å². The zero-order valence-corrected chi connectivity index (χ0v) is 11.7. The van der Waals surface area contributed by atoms with Crippen LogP contribution in [0.5, 0.6) is 0 Å². The normalized spacial score (nSPS) is 11.7. The van der Waals surface area contributed by atoms with Gasteiger partial charge in [0.15, 0.2) is 0 Å². The number of hydrogen-bond donors (Lipinski definition) is 1. The maximum atomic E-state index is 11.8. The number of rotatable bonds is 5. The molecule has 0 bridgehead atoms. The van der Waals surface area contributed by atoms with Crippen molar-refractivity contribution in [2.24, 2.45) is 5.10 Å². The van der Waals surface area contributed by atoms with E-state index in [9.17, 15) is 8.42 Å². The van der Waals surface area contributed by atoms with Crippen molar-refractivity contribution < 1.29 is 12.7 Å². The largest absolute Gasteiger partial charge is 0.318 e. The number of nitrogens with one attached hydrogen (secondary N) is 1. The van der Waals surface area contributed by atoms with Crippen molar-refractivity contribution in [3.63, 3.8) is 0 Å². The average molecular weight is 290 g/mol. The summed E-state index contributed by atoms with van der Waals surface area (Å²) >= 11 is 0. The van der Waals surface area contributed by atoms with Crippen molar-refractivity contribution in [1.82, 2.24) is 5.59 Å². The number of hydrazone groups is 1. The Bertz CT molecular complexity index is 680. The Morgan fingerprint density at radius 1 is 1.05 bits per heavy atom. The van der Waals surface area contributed by atoms with Gasteiger partial charge in [0.25, 0.3) is 0 Å². The van der Waals surface area contributed by atoms with Gasteiger partial charge in [-0.1, -0.05) is 48.0 Å². The van der Waals surface area contributed by atoms with Gasteiger partial charge in [0.1, 0.15) is 0 Å². The molecule has 0 saturated heterocycles. The van der Waals surface area contributed by atoms with Crippen molar-refractivity contribution in [3.05, 3.63) is 65.7 Å². The second-order valence-corrected chi connectivity index (χ2v) is 5.66. The second-order valence-electron chi connectivity index (χ2n) is 4.11. The number of nitrogens with zero attached hydrogens (tertiary/aromatic N) is 1. The first-order chi connectivity index (χ1) is 9.58. The van der Waals surface area contributed by atoms with Gasteiger partial charge in [-0.15, -0.1) is 4.28 Å². The summed E-state index contributed by atoms with van der Waals surface area (Å²) in [5, 5.41) is 3.69. The van der Waals surface area contributed by atoms with Crippen molar-refractivity contribution in [2.45, 2.75) is 11.8 Å². The summed E-state index contributed by atoms with van der Waals surface area (Å²) in [6.07, 6.45) is 1.46. The van der Waals surface area contributed by atoms with Gasteiger partial charge >= 0.3 is 10.1 Å². The second kappa shape index (κ2) is 6.31. The van der Waals surface area contributed by atoms with E-state index in [1.54, 1.807) is 12.1 Å². The van der Waals surface area contributed by atoms with Crippen LogP contribution in [0.1, 0.15) is 11.1 Å². The summed E-state index contributed by atoms with van der Waals surface area (Å²) in [6, 6.07) is 15.6. The molecule has 2 aromatic carbocycles. The first kappa shape index (κ1) is 14.2. The standard InChI is InChI=1S/C14H14N2O3S/c1-12-7-9-14(10-8-12)20(17,18)19-16-15-11-13-5-3-2-4-6-13/h2-11,16H,1H3. The van der Waals surface area contributed by atoms with Crippen molar-refractivity contribution in [3.8, 4) is 0 Å². The first-order valence-electron chi connectivity index (χ1n) is 5.91. The molecule has 0 aliphatic rings. The molecule has 0 fully saturated rings. The minimum absolute atomic E-state index is 0.0745. The SMILES string of the molecule is Cc1ccc(S(=O)(=O)ONN=Cc2ccccc2)cc1. The van der Waals surface area contributed by atoms with E-state index in [-0.39, 0.29) is 4.90 Å². The molecular formula is C14H14N2O3S. The zero-order chi connectivity index (χ0) is 14.4. The zero-order valence-electron chi connectivity index (χ0n) is 10.9. The fourth-order valence-electron chi connectivity index (χ4n) is 1.46. The van der Waals surface area contributed by atoms with E-state index in [0.29, 0.717) is 0 Å². The summed E-state index contributed by atoms with van der Waals surface area (Å²) in [6.45, 7) is 1.87. The Morgan fingerprint density at radius 3 is 2.35 bits per heavy atom. The maximum absolute atomic E-state index is 11.8. The smallest absolute Gasteiger partial charge is 0.192 e. The molecule has 0 atom stereocenters. The highest BCUT2D eigenvalue weighted by Gasteiger charge is 2.14. The van der Waals surface area contributed by atoms with Crippen molar-refractivity contribution in [2.75, 3.05) is 0 Å². The molecule has 2 aromatic rings. The lowest BCUT2D eigenvalue weighted by molar-refractivity contribution is 0.210. The molecule has 2 rings (SSSR count). The van der Waals surface area contributed by atoms with Gasteiger partial charge in [-0.2, -0.15) is 19.1 Å². The molecule has 0 saturated carbocycles. The van der Waals surface area contributed by atoms with Crippen molar-refractivity contribution >= 4 is 16.3 Å². The molecule has 6 heteroatoms. The van der Waals surface area contributed by atoms with Crippen LogP contribution in [-0.4, -0.2) is 14.6 Å². The lowest BCUT2D eigenvalue weighted by Gasteiger charge is -2.03. The van der Waals surface area contributed by atoms with Crippen LogP contribution < -0.4 is 5.59 Å². The highest BCUT2D eigenvalue weighted by Crippen LogP contribution is 2.11. The molecule has 0 heterocycles. The number of hydrogen-bond acceptors (Lipinski definition) is 5. The summed E-state index contributed by atoms with van der Waals surface area (Å²) < 4.78 is 28.2. The third kappa shape index (κ3) is 3.91. The summed E-state index contributed by atoms with van der Waals surface area (Å²) in [7, 11) is -3.86. The molecule has 0 aliphatic heterocycles. The van der Waals surface area contributed by atoms with Gasteiger partial charge in [0.05, 0.1) is 11.1 Å². The van der Waals surface area contributed by atoms with Gasteiger partial charge in [-0.05, 0) is 24.6 Å². The molecule has 5 nitrogen and oxygen atoms in total. The summed E-state index contributed by atoms with van der Waals surface area (Å²) in [5.74, 6) is 0. The lowest BCUT2D eigenvalue weighted by atomic mass is 10.2. The topological polar surface area (TPSA) is 67.8 Å². The van der Waals surface area contributed by atoms with Gasteiger partial charge in [-0.25, -0.2) is 0 Å². The fourth-order valence-corrected chi connectivity index (χ4v) is 2.17. The summed E-state index contributed by atoms with van der Waals surface area (Å²) in [4.78, 5) is 0.0745. The molecule has 0 aliphatic carbocycles. The van der Waals surface area contributed by atoms with E-state index < -0.39 is 10.1 Å². The highest BCUT2D eigenvalue weighted by molar-refractivity contribution is 7.86. The molecule has 1 N–H and O–H groups in total. The Labute approximate surface area is 118 Å². The van der Waals surface area contributed by atoms with E-state index >= 15 is 0 Å². The minimum atomic E-state index is -3.86. The molecule has 104 valence electrons. The van der Waals surface area contributed by atoms with Crippen molar-refractivity contribution in [1.29, 1.82) is 0 Å². The minimum Gasteiger partial charge on any atom is -0.192 e. The summed E-state index contributed by atoms with van der Waals surface area (Å²) in [5.41, 5.74) is 3.87. The molecule has 0 unspecified atom stereocenters. The Morgan fingerprint density at radius 2 is 1.70 bits per heavy atom. The van der Waals surface area contributed by atoms with Crippen LogP contribution in [0, 0.1) is 6.92 Å². The lowest BCUT2D eigenvalue weighted by Crippen LogP contribution is -2.15. The van der Waals surface area contributed by atoms with E-state index in [1.165, 1.54) is 18.3 Å². The van der Waals surface area contributed by atoms with E-state index in [4.69, 9.17) is 0 Å². The quantitative estimate of drug-likeness (QED) is 0.677. The molecule has 0 aromatic heterocycles. The Hall–Kier alpha value is -2.18. The van der Waals surface area contributed by atoms with Crippen LogP contribution in [0.3, 0.4) is 0 Å². The Balaban J connectivity index is 1.96. The van der Waals surface area contributed by atoms with Gasteiger partial charge in [-0.3, -0.25) is 0 Å². The molecule has 0 amide bonds. The molecule has 0 spiro atoms. The maximum Gasteiger partial charge on any atom is 0.318 e. The van der Waals surface area contributed by atoms with Crippen LogP contribution >= 0.6 is 0 Å². The number of aryl methyl sites for hydroxylation is 1. The van der Waals surface area contributed by atoms with Gasteiger partial charge in [0.2, 0.25) is 0 Å². The molecule has 0 radical (unpaired) electrons. The third-order valence-corrected chi connectivity index (χ3v) is 3.67. The third-order valence-electron chi connectivity index (χ3n) is 2.52. The fraction of sp³-hybridized carbons (Fsp3) is 0.0714. The van der Waals surface area contributed by atoms with Crippen LogP contribution in [0.2, 0.25) is 0 Å². The van der Waals surface area contributed by atoms with Gasteiger partial charge < -0.3 is 0 Å². The highest BCUT2D eigenvalue weighted by atomic mass is 32.2. The average Bonchev–Trinajstić information content (AvgIpc) is 2.45. The molecular weight excluding hydrogens is 276 g/mol. The van der Waals surface area contributed by atoms with E-state index in [2.05, 4.69) is 15.0 Å². The predicted octanol–water partition coefficient (Wildman–Crippen LogP) is 2.24. The Kier molecular flexibility index (Phi) is 4.49. The van der Waals surface area contributed by atoms with Crippen LogP contribution in [0.15, 0.2) is 64.6 Å². The van der Waals surface area contributed by atoms with Crippen LogP contribution in [0.25, 0.3) is 0 Å². The molecule has 20 heavy (non-hydrogen) atoms. The number of benzene rings is 2. The predicted molar refractivity (Wildman–Crippen MR) is 76.6 cm³/mol. The monoisotopic (exact) mass is 290 g/mol. The van der Waals surface area contributed by atoms with Gasteiger partial charge in [0, 0.05) is 0 Å². The van der Waals surface area contributed by atoms with Crippen LogP contribution in [-0.2, 0) is 14.4 Å². The van der Waals surface area contributed by atoms with E-state index in [0.717, 1.165) is 11.1 Å². The first-order valence-corrected chi connectivity index (χ1v) is 7.32. The van der Waals surface area contributed by atoms with Crippen LogP contribution in [0.4, 0.5) is 0 Å².